The van der Waals surface area contributed by atoms with Crippen LogP contribution in [0.2, 0.25) is 0 Å². The van der Waals surface area contributed by atoms with Crippen LogP contribution in [0.3, 0.4) is 0 Å². The standard InChI is InChI=1S/C20H20O3P2.2CO.Rh/c1-14-18(16-11-7-4-8-12-16)24-13-20(14,2)17(19(24)25(21,22)23)15-9-5-3-6-10-15;2*1-2;/h3-12H,13H2,1-2H3,(H2,21,22,23);;;. The van der Waals surface area contributed by atoms with E-state index in [1.165, 1.54) is 5.57 Å². The van der Waals surface area contributed by atoms with E-state index in [9.17, 15) is 14.4 Å². The molecule has 1 radical (unpaired) electrons. The van der Waals surface area contributed by atoms with Crippen molar-refractivity contribution in [3.63, 3.8) is 0 Å². The molecule has 4 rings (SSSR count). The van der Waals surface area contributed by atoms with Crippen LogP contribution in [0.4, 0.5) is 0 Å². The minimum atomic E-state index is -4.33. The summed E-state index contributed by atoms with van der Waals surface area (Å²) in [4.78, 5) is 20.4. The topological polar surface area (TPSA) is 97.3 Å². The molecule has 157 valence electrons. The molecule has 0 saturated carbocycles. The van der Waals surface area contributed by atoms with Gasteiger partial charge in [-0.2, -0.15) is 0 Å². The smallest absolute Gasteiger partial charge is 0 e. The van der Waals surface area contributed by atoms with E-state index in [1.807, 2.05) is 60.7 Å². The molecule has 0 fully saturated rings. The molecule has 2 aromatic carbocycles. The van der Waals surface area contributed by atoms with E-state index >= 15 is 0 Å². The first-order valence-electron chi connectivity index (χ1n) is 8.65. The zero-order chi connectivity index (χ0) is 21.8. The van der Waals surface area contributed by atoms with E-state index < -0.39 is 15.5 Å². The first-order valence-corrected chi connectivity index (χ1v) is 11.8. The van der Waals surface area contributed by atoms with Crippen molar-refractivity contribution in [1.29, 1.82) is 0 Å². The van der Waals surface area contributed by atoms with E-state index in [-0.39, 0.29) is 24.9 Å². The van der Waals surface area contributed by atoms with Gasteiger partial charge in [-0.05, 0) is 43.0 Å². The maximum Gasteiger partial charge on any atom is 0 e. The Labute approximate surface area is 190 Å². The van der Waals surface area contributed by atoms with Gasteiger partial charge in [0, 0.05) is 24.9 Å². The van der Waals surface area contributed by atoms with Gasteiger partial charge >= 0.3 is 30.2 Å². The number of hydrogen-bond donors (Lipinski definition) is 2. The molecule has 0 spiro atoms. The molecule has 0 saturated heterocycles. The minimum Gasteiger partial charge on any atom is 0 e. The Morgan fingerprint density at radius 1 is 0.933 bits per heavy atom. The summed E-state index contributed by atoms with van der Waals surface area (Å²) in [7, 11) is -5.34. The van der Waals surface area contributed by atoms with Crippen LogP contribution in [-0.4, -0.2) is 15.9 Å². The molecule has 0 aliphatic carbocycles. The normalized spacial score (nSPS) is 21.7. The summed E-state index contributed by atoms with van der Waals surface area (Å²) in [6.45, 7) is 13.3. The second kappa shape index (κ2) is 10.8. The van der Waals surface area contributed by atoms with Gasteiger partial charge in [0.15, 0.2) is 0 Å². The molecule has 2 bridgehead atoms. The molecule has 2 unspecified atom stereocenters. The Kier molecular flexibility index (Phi) is 9.56. The quantitative estimate of drug-likeness (QED) is 0.241. The molecule has 0 amide bonds. The summed E-state index contributed by atoms with van der Waals surface area (Å²) in [5, 5.41) is 1.52. The molecule has 30 heavy (non-hydrogen) atoms. The first-order chi connectivity index (χ1) is 13.8. The van der Waals surface area contributed by atoms with E-state index in [0.717, 1.165) is 28.2 Å². The Hall–Kier alpha value is -1.40. The molecule has 8 heteroatoms. The van der Waals surface area contributed by atoms with Crippen LogP contribution >= 0.6 is 15.5 Å². The van der Waals surface area contributed by atoms with E-state index in [0.29, 0.717) is 5.06 Å². The number of rotatable bonds is 3. The summed E-state index contributed by atoms with van der Waals surface area (Å²) >= 11 is 0. The van der Waals surface area contributed by atoms with Crippen molar-refractivity contribution in [1.82, 2.24) is 0 Å². The van der Waals surface area contributed by atoms with Gasteiger partial charge in [-0.1, -0.05) is 73.2 Å². The third-order valence-electron chi connectivity index (χ3n) is 5.34. The molecule has 2 heterocycles. The SMILES string of the molecule is CC1=C(c2ccccc2)P2CC1(C)C(c1ccccc1)=C2P(=O)(O)O.[C-]#[O+].[C-]#[O+].[Rh]. The molecule has 2 aliphatic rings. The number of benzene rings is 2. The van der Waals surface area contributed by atoms with Gasteiger partial charge in [0.05, 0.1) is 5.06 Å². The predicted octanol–water partition coefficient (Wildman–Crippen LogP) is 5.40. The fourth-order valence-corrected chi connectivity index (χ4v) is 9.87. The zero-order valence-corrected chi connectivity index (χ0v) is 19.8. The Morgan fingerprint density at radius 3 is 1.80 bits per heavy atom. The molecule has 0 aromatic heterocycles. The van der Waals surface area contributed by atoms with Crippen LogP contribution in [-0.2, 0) is 33.3 Å². The summed E-state index contributed by atoms with van der Waals surface area (Å²) in [5.74, 6) is 0. The maximum absolute atomic E-state index is 12.5. The molecule has 2 atom stereocenters. The number of allylic oxidation sites excluding steroid dienone is 2. The minimum absolute atomic E-state index is 0. The molecule has 2 aliphatic heterocycles. The largest absolute Gasteiger partial charge is 0 e. The number of hydrogen-bond acceptors (Lipinski definition) is 1. The third-order valence-corrected chi connectivity index (χ3v) is 10.4. The molecule has 2 aromatic rings. The van der Waals surface area contributed by atoms with Gasteiger partial charge in [0.2, 0.25) is 0 Å². The van der Waals surface area contributed by atoms with Gasteiger partial charge in [-0.3, -0.25) is 4.57 Å². The van der Waals surface area contributed by atoms with Gasteiger partial charge in [-0.15, -0.1) is 0 Å². The van der Waals surface area contributed by atoms with Crippen molar-refractivity contribution in [3.05, 3.63) is 95.7 Å². The van der Waals surface area contributed by atoms with E-state index in [1.54, 1.807) is 0 Å². The Morgan fingerprint density at radius 2 is 1.37 bits per heavy atom. The van der Waals surface area contributed by atoms with Gasteiger partial charge in [0.25, 0.3) is 0 Å². The van der Waals surface area contributed by atoms with Crippen molar-refractivity contribution in [2.24, 2.45) is 5.41 Å². The van der Waals surface area contributed by atoms with Crippen molar-refractivity contribution in [2.75, 3.05) is 6.16 Å². The third kappa shape index (κ3) is 4.60. The Balaban J connectivity index is 0.000000851. The first kappa shape index (κ1) is 26.6. The van der Waals surface area contributed by atoms with Gasteiger partial charge in [-0.25, -0.2) is 0 Å². The van der Waals surface area contributed by atoms with Gasteiger partial charge < -0.3 is 9.79 Å². The average molecular weight is 529 g/mol. The Bertz CT molecular complexity index is 1030. The van der Waals surface area contributed by atoms with Crippen LogP contribution in [0.5, 0.6) is 0 Å². The molecular weight excluding hydrogens is 509 g/mol. The van der Waals surface area contributed by atoms with E-state index in [4.69, 9.17) is 9.30 Å². The van der Waals surface area contributed by atoms with Crippen LogP contribution < -0.4 is 0 Å². The fourth-order valence-electron chi connectivity index (χ4n) is 4.13. The zero-order valence-electron chi connectivity index (χ0n) is 16.3. The fraction of sp³-hybridized carbons (Fsp3) is 0.182. The summed E-state index contributed by atoms with van der Waals surface area (Å²) in [6.07, 6.45) is 0.795. The van der Waals surface area contributed by atoms with Crippen molar-refractivity contribution >= 4 is 26.4 Å². The number of fused-ring (bicyclic) bond motifs is 2. The average Bonchev–Trinajstić information content (AvgIpc) is 3.20. The maximum atomic E-state index is 12.5. The second-order valence-corrected chi connectivity index (χ2v) is 10.8. The van der Waals surface area contributed by atoms with Crippen LogP contribution in [0.1, 0.15) is 25.0 Å². The van der Waals surface area contributed by atoms with Crippen molar-refractivity contribution < 1.29 is 43.1 Å². The van der Waals surface area contributed by atoms with Crippen molar-refractivity contribution in [3.8, 4) is 0 Å². The summed E-state index contributed by atoms with van der Waals surface area (Å²) in [5.41, 5.74) is 3.81. The van der Waals surface area contributed by atoms with Crippen LogP contribution in [0, 0.1) is 18.7 Å². The van der Waals surface area contributed by atoms with Crippen LogP contribution in [0.25, 0.3) is 10.9 Å². The second-order valence-electron chi connectivity index (χ2n) is 6.87. The van der Waals surface area contributed by atoms with Crippen molar-refractivity contribution in [2.45, 2.75) is 13.8 Å². The van der Waals surface area contributed by atoms with Crippen LogP contribution in [0.15, 0.2) is 71.3 Å². The molecule has 5 nitrogen and oxygen atoms in total. The molecular formula is C22H20O5P2Rh. The van der Waals surface area contributed by atoms with E-state index in [2.05, 4.69) is 27.1 Å². The van der Waals surface area contributed by atoms with Gasteiger partial charge in [0.1, 0.15) is 0 Å². The predicted molar refractivity (Wildman–Crippen MR) is 112 cm³/mol. The molecule has 2 N–H and O–H groups in total. The summed E-state index contributed by atoms with van der Waals surface area (Å²) in [6, 6.07) is 19.7. The summed E-state index contributed by atoms with van der Waals surface area (Å²) < 4.78 is 27.5. The monoisotopic (exact) mass is 529 g/mol.